The third-order valence-electron chi connectivity index (χ3n) is 4.57. The minimum atomic E-state index is -3.59. The lowest BCUT2D eigenvalue weighted by Crippen LogP contribution is -2.20. The van der Waals surface area contributed by atoms with Crippen molar-refractivity contribution in [1.82, 2.24) is 4.57 Å². The molecule has 0 fully saturated rings. The van der Waals surface area contributed by atoms with Crippen LogP contribution in [0.2, 0.25) is 0 Å². The molecule has 31 heavy (non-hydrogen) atoms. The molecule has 0 aliphatic heterocycles. The maximum atomic E-state index is 13.0. The molecule has 1 aromatic heterocycles. The Morgan fingerprint density at radius 3 is 2.42 bits per heavy atom. The van der Waals surface area contributed by atoms with Gasteiger partial charge in [-0.15, -0.1) is 0 Å². The Morgan fingerprint density at radius 2 is 1.77 bits per heavy atom. The molecule has 1 amide bonds. The highest BCUT2D eigenvalue weighted by Crippen LogP contribution is 2.35. The molecule has 0 saturated heterocycles. The van der Waals surface area contributed by atoms with Crippen molar-refractivity contribution in [3.63, 3.8) is 0 Å². The van der Waals surface area contributed by atoms with Crippen LogP contribution in [0.4, 0.5) is 0 Å². The average molecular weight is 465 g/mol. The second-order valence-electron chi connectivity index (χ2n) is 6.57. The number of rotatable bonds is 8. The summed E-state index contributed by atoms with van der Waals surface area (Å²) in [6.45, 7) is 3.29. The number of ether oxygens (including phenoxy) is 3. The molecule has 0 bridgehead atoms. The molecule has 10 heteroatoms. The first kappa shape index (κ1) is 23.0. The third-order valence-corrected chi connectivity index (χ3v) is 6.82. The number of carbonyl (C=O) groups is 1. The number of amides is 1. The van der Waals surface area contributed by atoms with Crippen molar-refractivity contribution in [3.05, 3.63) is 46.8 Å². The van der Waals surface area contributed by atoms with Crippen LogP contribution >= 0.6 is 11.3 Å². The van der Waals surface area contributed by atoms with Crippen LogP contribution < -0.4 is 14.3 Å². The number of nitrogens with zero attached hydrogens (tertiary/aromatic N) is 2. The second-order valence-corrected chi connectivity index (χ2v) is 9.53. The molecule has 166 valence electrons. The van der Waals surface area contributed by atoms with Crippen molar-refractivity contribution in [2.24, 2.45) is 4.99 Å². The molecule has 0 N–H and O–H groups in total. The highest BCUT2D eigenvalue weighted by Gasteiger charge is 2.20. The Bertz CT molecular complexity index is 1270. The van der Waals surface area contributed by atoms with Crippen molar-refractivity contribution in [2.45, 2.75) is 18.4 Å². The topological polar surface area (TPSA) is 96.2 Å². The van der Waals surface area contributed by atoms with E-state index in [4.69, 9.17) is 14.2 Å². The van der Waals surface area contributed by atoms with Gasteiger partial charge < -0.3 is 18.8 Å². The van der Waals surface area contributed by atoms with Gasteiger partial charge in [-0.3, -0.25) is 4.79 Å². The van der Waals surface area contributed by atoms with Crippen LogP contribution in [0.3, 0.4) is 0 Å². The number of fused-ring (bicyclic) bond motifs is 1. The number of hydrogen-bond donors (Lipinski definition) is 0. The third kappa shape index (κ3) is 4.81. The number of methoxy groups -OCH3 is 2. The Labute approximate surface area is 184 Å². The van der Waals surface area contributed by atoms with Crippen LogP contribution in [0.1, 0.15) is 17.3 Å². The minimum Gasteiger partial charge on any atom is -0.495 e. The summed E-state index contributed by atoms with van der Waals surface area (Å²) in [6, 6.07) is 9.62. The minimum absolute atomic E-state index is 0.0257. The predicted octanol–water partition coefficient (Wildman–Crippen LogP) is 2.90. The summed E-state index contributed by atoms with van der Waals surface area (Å²) in [5.74, 6) is 0.584. The molecule has 0 saturated carbocycles. The van der Waals surface area contributed by atoms with Gasteiger partial charge in [0, 0.05) is 19.4 Å². The fraction of sp³-hybridized carbons (Fsp3) is 0.333. The van der Waals surface area contributed by atoms with Crippen molar-refractivity contribution >= 4 is 37.3 Å². The maximum Gasteiger partial charge on any atom is 0.280 e. The van der Waals surface area contributed by atoms with Crippen LogP contribution in [-0.2, 0) is 21.1 Å². The Morgan fingerprint density at radius 1 is 1.10 bits per heavy atom. The fourth-order valence-electron chi connectivity index (χ4n) is 3.16. The van der Waals surface area contributed by atoms with Crippen LogP contribution in [0, 0.1) is 0 Å². The van der Waals surface area contributed by atoms with E-state index in [0.29, 0.717) is 36.1 Å². The molecule has 8 nitrogen and oxygen atoms in total. The number of aromatic nitrogens is 1. The van der Waals surface area contributed by atoms with Gasteiger partial charge in [0.2, 0.25) is 0 Å². The number of thiazole rings is 1. The zero-order valence-corrected chi connectivity index (χ0v) is 19.4. The Balaban J connectivity index is 2.25. The lowest BCUT2D eigenvalue weighted by atomic mass is 10.2. The Kier molecular flexibility index (Phi) is 7.14. The van der Waals surface area contributed by atoms with Gasteiger partial charge in [0.05, 0.1) is 31.3 Å². The number of carbonyl (C=O) groups excluding carboxylic acids is 1. The van der Waals surface area contributed by atoms with E-state index in [9.17, 15) is 13.2 Å². The van der Waals surface area contributed by atoms with Gasteiger partial charge >= 0.3 is 0 Å². The van der Waals surface area contributed by atoms with E-state index < -0.39 is 15.7 Å². The van der Waals surface area contributed by atoms with Gasteiger partial charge in [-0.05, 0) is 31.2 Å². The monoisotopic (exact) mass is 464 g/mol. The van der Waals surface area contributed by atoms with Crippen LogP contribution in [0.15, 0.2) is 46.3 Å². The van der Waals surface area contributed by atoms with Gasteiger partial charge in [-0.2, -0.15) is 4.99 Å². The molecular weight excluding hydrogens is 440 g/mol. The average Bonchev–Trinajstić information content (AvgIpc) is 3.10. The first-order chi connectivity index (χ1) is 14.8. The van der Waals surface area contributed by atoms with Gasteiger partial charge in [0.1, 0.15) is 21.7 Å². The molecule has 0 atom stereocenters. The summed E-state index contributed by atoms with van der Waals surface area (Å²) in [5, 5.41) is 0. The Hall–Kier alpha value is -2.69. The number of sulfone groups is 1. The molecule has 0 unspecified atom stereocenters. The summed E-state index contributed by atoms with van der Waals surface area (Å²) in [7, 11) is -0.458. The predicted molar refractivity (Wildman–Crippen MR) is 119 cm³/mol. The van der Waals surface area contributed by atoms with Crippen molar-refractivity contribution in [2.75, 3.05) is 33.7 Å². The fourth-order valence-corrected chi connectivity index (χ4v) is 5.20. The highest BCUT2D eigenvalue weighted by molar-refractivity contribution is 7.90. The van der Waals surface area contributed by atoms with Crippen molar-refractivity contribution in [1.29, 1.82) is 0 Å². The molecule has 3 aromatic rings. The van der Waals surface area contributed by atoms with Crippen LogP contribution in [0.5, 0.6) is 11.5 Å². The largest absolute Gasteiger partial charge is 0.495 e. The lowest BCUT2D eigenvalue weighted by molar-refractivity contribution is 0.0993. The zero-order valence-electron chi connectivity index (χ0n) is 17.7. The number of benzene rings is 2. The number of hydrogen-bond acceptors (Lipinski definition) is 7. The van der Waals surface area contributed by atoms with E-state index in [2.05, 4.69) is 4.99 Å². The van der Waals surface area contributed by atoms with E-state index in [1.165, 1.54) is 23.5 Å². The second kappa shape index (κ2) is 9.63. The SMILES string of the molecule is CCOCCn1c(=NC(=O)c2ccccc2S(C)(=O)=O)sc2c(OC)ccc(OC)c21. The lowest BCUT2D eigenvalue weighted by Gasteiger charge is -2.10. The molecule has 1 heterocycles. The summed E-state index contributed by atoms with van der Waals surface area (Å²) in [4.78, 5) is 17.6. The summed E-state index contributed by atoms with van der Waals surface area (Å²) < 4.78 is 43.3. The molecular formula is C21H24N2O6S2. The molecule has 0 spiro atoms. The molecule has 0 aliphatic rings. The maximum absolute atomic E-state index is 13.0. The molecule has 2 aromatic carbocycles. The van der Waals surface area contributed by atoms with E-state index in [0.717, 1.165) is 16.5 Å². The standard InChI is InChI=1S/C21H24N2O6S2/c1-5-29-13-12-23-18-15(27-2)10-11-16(28-3)19(18)30-21(23)22-20(24)14-8-6-7-9-17(14)31(4,25)26/h6-11H,5,12-13H2,1-4H3. The van der Waals surface area contributed by atoms with Gasteiger partial charge in [0.15, 0.2) is 14.6 Å². The first-order valence-corrected chi connectivity index (χ1v) is 12.2. The summed E-state index contributed by atoms with van der Waals surface area (Å²) in [5.41, 5.74) is 0.757. The zero-order chi connectivity index (χ0) is 22.6. The molecule has 0 aliphatic carbocycles. The first-order valence-electron chi connectivity index (χ1n) is 9.52. The van der Waals surface area contributed by atoms with Gasteiger partial charge in [-0.25, -0.2) is 8.42 Å². The normalized spacial score (nSPS) is 12.3. The van der Waals surface area contributed by atoms with Crippen LogP contribution in [0.25, 0.3) is 10.2 Å². The van der Waals surface area contributed by atoms with E-state index in [1.807, 2.05) is 11.5 Å². The summed E-state index contributed by atoms with van der Waals surface area (Å²) >= 11 is 1.26. The smallest absolute Gasteiger partial charge is 0.280 e. The van der Waals surface area contributed by atoms with E-state index >= 15 is 0 Å². The highest BCUT2D eigenvalue weighted by atomic mass is 32.2. The summed E-state index contributed by atoms with van der Waals surface area (Å²) in [6.07, 6.45) is 1.07. The molecule has 3 rings (SSSR count). The van der Waals surface area contributed by atoms with Crippen LogP contribution in [-0.4, -0.2) is 52.6 Å². The van der Waals surface area contributed by atoms with E-state index in [1.54, 1.807) is 38.5 Å². The van der Waals surface area contributed by atoms with Crippen molar-refractivity contribution in [3.8, 4) is 11.5 Å². The van der Waals surface area contributed by atoms with Gasteiger partial charge in [-0.1, -0.05) is 23.5 Å². The van der Waals surface area contributed by atoms with Gasteiger partial charge in [0.25, 0.3) is 5.91 Å². The van der Waals surface area contributed by atoms with Crippen molar-refractivity contribution < 1.29 is 27.4 Å². The molecule has 0 radical (unpaired) electrons. The quantitative estimate of drug-likeness (QED) is 0.476. The van der Waals surface area contributed by atoms with E-state index in [-0.39, 0.29) is 10.5 Å².